The molecule has 0 aromatic carbocycles. The summed E-state index contributed by atoms with van der Waals surface area (Å²) in [5, 5.41) is 23.5. The van der Waals surface area contributed by atoms with E-state index in [4.69, 9.17) is 4.74 Å². The molecule has 6 nitrogen and oxygen atoms in total. The zero-order valence-electron chi connectivity index (χ0n) is 60.7. The molecule has 0 aliphatic rings. The Hall–Kier alpha value is -1.66. The van der Waals surface area contributed by atoms with Gasteiger partial charge in [-0.25, -0.2) is 0 Å². The Balaban J connectivity index is 3.37. The van der Waals surface area contributed by atoms with Crippen molar-refractivity contribution in [3.63, 3.8) is 0 Å². The molecule has 0 aliphatic carbocycles. The number of hydrogen-bond acceptors (Lipinski definition) is 5. The lowest BCUT2D eigenvalue weighted by molar-refractivity contribution is -0.143. The Kier molecular flexibility index (Phi) is 77.3. The first kappa shape index (κ1) is 87.3. The van der Waals surface area contributed by atoms with Crippen LogP contribution in [-0.4, -0.2) is 47.4 Å². The summed E-state index contributed by atoms with van der Waals surface area (Å²) in [5.41, 5.74) is 0. The van der Waals surface area contributed by atoms with Crippen LogP contribution in [0.25, 0.3) is 0 Å². The molecule has 6 heteroatoms. The SMILES string of the molecule is CCCCCCCCCCCCCCCCCCCCCCCCCCCC(O)C(CO)NC(=O)CCCCCCCCCCCCCCCCCCC/C=C\C/C=C\CCCCCCCCCCCCCOC(=O)CCCCCCCCCCCCCC. The standard InChI is InChI=1S/C83H161NO5/c1-3-5-7-9-11-13-15-17-18-19-20-21-22-34-37-40-43-46-49-52-55-59-63-67-71-75-81(86)80(79-85)84-82(87)76-72-68-64-60-56-53-50-47-44-41-38-35-32-30-28-26-24-23-25-27-29-31-33-36-39-42-45-48-51-54-58-62-66-70-74-78-89-83(88)77-73-69-65-61-57-16-14-12-10-8-6-4-2/h25,27,31,33,80-81,85-86H,3-24,26,28-30,32,34-79H2,1-2H3,(H,84,87)/b27-25-,33-31-. The predicted octanol–water partition coefficient (Wildman–Crippen LogP) is 27.2. The van der Waals surface area contributed by atoms with E-state index in [9.17, 15) is 19.8 Å². The van der Waals surface area contributed by atoms with Gasteiger partial charge in [0.2, 0.25) is 5.91 Å². The molecule has 0 fully saturated rings. The van der Waals surface area contributed by atoms with Crippen LogP contribution < -0.4 is 5.32 Å². The molecule has 0 spiro atoms. The van der Waals surface area contributed by atoms with Gasteiger partial charge < -0.3 is 20.3 Å². The van der Waals surface area contributed by atoms with Crippen LogP contribution in [0.15, 0.2) is 24.3 Å². The van der Waals surface area contributed by atoms with E-state index < -0.39 is 12.1 Å². The van der Waals surface area contributed by atoms with E-state index >= 15 is 0 Å². The number of nitrogens with one attached hydrogen (secondary N) is 1. The van der Waals surface area contributed by atoms with Gasteiger partial charge >= 0.3 is 5.97 Å². The maximum atomic E-state index is 12.6. The van der Waals surface area contributed by atoms with Crippen LogP contribution in [0.4, 0.5) is 0 Å². The lowest BCUT2D eigenvalue weighted by Gasteiger charge is -2.22. The highest BCUT2D eigenvalue weighted by Gasteiger charge is 2.20. The normalized spacial score (nSPS) is 12.5. The van der Waals surface area contributed by atoms with Crippen molar-refractivity contribution in [2.24, 2.45) is 0 Å². The van der Waals surface area contributed by atoms with Gasteiger partial charge in [-0.3, -0.25) is 9.59 Å². The molecule has 1 amide bonds. The van der Waals surface area contributed by atoms with Crippen LogP contribution in [0.2, 0.25) is 0 Å². The molecule has 0 bridgehead atoms. The number of aliphatic hydroxyl groups excluding tert-OH is 2. The summed E-state index contributed by atoms with van der Waals surface area (Å²) in [6, 6.07) is -0.541. The van der Waals surface area contributed by atoms with Crippen LogP contribution in [-0.2, 0) is 14.3 Å². The number of aliphatic hydroxyl groups is 2. The van der Waals surface area contributed by atoms with Crippen LogP contribution in [0, 0.1) is 0 Å². The zero-order valence-corrected chi connectivity index (χ0v) is 60.7. The first-order chi connectivity index (χ1) is 44.0. The second kappa shape index (κ2) is 78.8. The quantitative estimate of drug-likeness (QED) is 0.0320. The fraction of sp³-hybridized carbons (Fsp3) is 0.928. The molecule has 0 aromatic rings. The average molecular weight is 1250 g/mol. The molecule has 0 radical (unpaired) electrons. The molecular weight excluding hydrogens is 1090 g/mol. The Morgan fingerprint density at radius 1 is 0.315 bits per heavy atom. The Bertz CT molecular complexity index is 1400. The molecule has 2 atom stereocenters. The highest BCUT2D eigenvalue weighted by Crippen LogP contribution is 2.20. The molecule has 0 heterocycles. The van der Waals surface area contributed by atoms with Gasteiger partial charge in [-0.2, -0.15) is 0 Å². The monoisotopic (exact) mass is 1250 g/mol. The number of hydrogen-bond donors (Lipinski definition) is 3. The molecule has 0 saturated carbocycles. The fourth-order valence-electron chi connectivity index (χ4n) is 13.3. The number of ether oxygens (including phenoxy) is 1. The molecule has 0 aromatic heterocycles. The van der Waals surface area contributed by atoms with Crippen molar-refractivity contribution in [2.75, 3.05) is 13.2 Å². The number of esters is 1. The maximum Gasteiger partial charge on any atom is 0.305 e. The topological polar surface area (TPSA) is 95.9 Å². The number of carbonyl (C=O) groups is 2. The minimum absolute atomic E-state index is 0.0185. The number of unbranched alkanes of at least 4 members (excludes halogenated alkanes) is 63. The highest BCUT2D eigenvalue weighted by molar-refractivity contribution is 5.76. The third-order valence-electron chi connectivity index (χ3n) is 19.5. The van der Waals surface area contributed by atoms with Gasteiger partial charge in [0, 0.05) is 12.8 Å². The summed E-state index contributed by atoms with van der Waals surface area (Å²) in [6.07, 6.45) is 101. The molecule has 89 heavy (non-hydrogen) atoms. The Morgan fingerprint density at radius 2 is 0.562 bits per heavy atom. The third kappa shape index (κ3) is 75.3. The Morgan fingerprint density at radius 3 is 0.854 bits per heavy atom. The number of rotatable bonds is 78. The van der Waals surface area contributed by atoms with Crippen LogP contribution in [0.3, 0.4) is 0 Å². The van der Waals surface area contributed by atoms with Crippen molar-refractivity contribution in [3.8, 4) is 0 Å². The first-order valence-corrected chi connectivity index (χ1v) is 41.1. The summed E-state index contributed by atoms with van der Waals surface area (Å²) < 4.78 is 5.49. The minimum atomic E-state index is -0.664. The lowest BCUT2D eigenvalue weighted by atomic mass is 10.0. The van der Waals surface area contributed by atoms with Gasteiger partial charge in [0.15, 0.2) is 0 Å². The summed E-state index contributed by atoms with van der Waals surface area (Å²) in [6.45, 7) is 5.01. The minimum Gasteiger partial charge on any atom is -0.466 e. The predicted molar refractivity (Wildman–Crippen MR) is 393 cm³/mol. The van der Waals surface area contributed by atoms with Crippen LogP contribution in [0.1, 0.15) is 470 Å². The molecule has 3 N–H and O–H groups in total. The van der Waals surface area contributed by atoms with Gasteiger partial charge in [0.25, 0.3) is 0 Å². The van der Waals surface area contributed by atoms with Crippen molar-refractivity contribution in [3.05, 3.63) is 24.3 Å². The fourth-order valence-corrected chi connectivity index (χ4v) is 13.3. The van der Waals surface area contributed by atoms with Crippen molar-refractivity contribution in [1.29, 1.82) is 0 Å². The molecule has 0 aliphatic heterocycles. The van der Waals surface area contributed by atoms with E-state index in [1.807, 2.05) is 0 Å². The van der Waals surface area contributed by atoms with E-state index in [-0.39, 0.29) is 18.5 Å². The van der Waals surface area contributed by atoms with Crippen molar-refractivity contribution in [1.82, 2.24) is 5.32 Å². The van der Waals surface area contributed by atoms with E-state index in [0.29, 0.717) is 25.9 Å². The highest BCUT2D eigenvalue weighted by atomic mass is 16.5. The van der Waals surface area contributed by atoms with Crippen molar-refractivity contribution < 1.29 is 24.5 Å². The van der Waals surface area contributed by atoms with E-state index in [1.165, 1.54) is 392 Å². The molecule has 0 saturated heterocycles. The number of carbonyl (C=O) groups excluding carboxylic acids is 2. The average Bonchev–Trinajstić information content (AvgIpc) is 3.58. The van der Waals surface area contributed by atoms with Crippen LogP contribution in [0.5, 0.6) is 0 Å². The molecule has 2 unspecified atom stereocenters. The van der Waals surface area contributed by atoms with Gasteiger partial charge in [0.05, 0.1) is 25.4 Å². The number of amides is 1. The number of allylic oxidation sites excluding steroid dienone is 4. The largest absolute Gasteiger partial charge is 0.466 e. The molecule has 528 valence electrons. The second-order valence-corrected chi connectivity index (χ2v) is 28.5. The summed E-state index contributed by atoms with van der Waals surface area (Å²) >= 11 is 0. The second-order valence-electron chi connectivity index (χ2n) is 28.5. The van der Waals surface area contributed by atoms with E-state index in [1.54, 1.807) is 0 Å². The molecular formula is C83H161NO5. The Labute approximate surface area is 558 Å². The lowest BCUT2D eigenvalue weighted by Crippen LogP contribution is -2.45. The van der Waals surface area contributed by atoms with Gasteiger partial charge in [-0.05, 0) is 57.8 Å². The van der Waals surface area contributed by atoms with Gasteiger partial charge in [0.1, 0.15) is 0 Å². The third-order valence-corrected chi connectivity index (χ3v) is 19.5. The van der Waals surface area contributed by atoms with Crippen molar-refractivity contribution in [2.45, 2.75) is 482 Å². The summed E-state index contributed by atoms with van der Waals surface area (Å²) in [7, 11) is 0. The van der Waals surface area contributed by atoms with Gasteiger partial charge in [-0.15, -0.1) is 0 Å². The maximum absolute atomic E-state index is 12.6. The molecule has 0 rings (SSSR count). The zero-order chi connectivity index (χ0) is 64.2. The smallest absolute Gasteiger partial charge is 0.305 e. The summed E-state index contributed by atoms with van der Waals surface area (Å²) in [4.78, 5) is 24.6. The van der Waals surface area contributed by atoms with Crippen LogP contribution >= 0.6 is 0 Å². The van der Waals surface area contributed by atoms with Gasteiger partial charge in [-0.1, -0.05) is 423 Å². The van der Waals surface area contributed by atoms with Crippen molar-refractivity contribution >= 4 is 11.9 Å². The summed E-state index contributed by atoms with van der Waals surface area (Å²) in [5.74, 6) is -0.00799. The van der Waals surface area contributed by atoms with E-state index in [0.717, 1.165) is 44.9 Å². The first-order valence-electron chi connectivity index (χ1n) is 41.1. The van der Waals surface area contributed by atoms with E-state index in [2.05, 4.69) is 43.5 Å².